The van der Waals surface area contributed by atoms with Crippen LogP contribution in [0.25, 0.3) is 0 Å². The number of hydrogen-bond acceptors (Lipinski definition) is 5. The van der Waals surface area contributed by atoms with Crippen molar-refractivity contribution in [2.75, 3.05) is 12.3 Å². The maximum atomic E-state index is 13.5. The Morgan fingerprint density at radius 2 is 2.41 bits per heavy atom. The van der Waals surface area contributed by atoms with Crippen molar-refractivity contribution in [2.24, 2.45) is 0 Å². The second-order valence-corrected chi connectivity index (χ2v) is 3.75. The number of aliphatic hydroxyl groups excluding tert-OH is 1. The number of hydrogen-bond donors (Lipinski definition) is 2. The number of halogens is 2. The van der Waals surface area contributed by atoms with Gasteiger partial charge in [-0.2, -0.15) is 4.98 Å². The number of alkyl halides is 1. The van der Waals surface area contributed by atoms with Crippen LogP contribution in [0, 0.1) is 5.82 Å². The summed E-state index contributed by atoms with van der Waals surface area (Å²) >= 11 is 0. The summed E-state index contributed by atoms with van der Waals surface area (Å²) in [5.41, 5.74) is 4.21. The molecule has 0 radical (unpaired) electrons. The molecule has 0 bridgehead atoms. The van der Waals surface area contributed by atoms with Gasteiger partial charge in [-0.25, -0.2) is 13.6 Å². The maximum Gasteiger partial charge on any atom is 0.351 e. The minimum Gasteiger partial charge on any atom is -0.394 e. The Kier molecular flexibility index (Phi) is 3.07. The standard InChI is InChI=1S/C9H11F2N3O3/c10-5-1-4(3-15)17-8(5)14-2-6(11)7(12)13-9(14)16/h2,4-5,8,15H,1,3H2,(H2,12,13,16)/t4-,5?,8+/m0/s1. The lowest BCUT2D eigenvalue weighted by Gasteiger charge is -2.16. The van der Waals surface area contributed by atoms with E-state index in [1.54, 1.807) is 0 Å². The first kappa shape index (κ1) is 11.9. The van der Waals surface area contributed by atoms with Gasteiger partial charge in [0.15, 0.2) is 17.9 Å². The van der Waals surface area contributed by atoms with Crippen molar-refractivity contribution in [1.82, 2.24) is 9.55 Å². The van der Waals surface area contributed by atoms with Crippen molar-refractivity contribution in [1.29, 1.82) is 0 Å². The van der Waals surface area contributed by atoms with Crippen molar-refractivity contribution in [3.05, 3.63) is 22.5 Å². The molecular weight excluding hydrogens is 236 g/mol. The van der Waals surface area contributed by atoms with Gasteiger partial charge in [-0.1, -0.05) is 0 Å². The molecular formula is C9H11F2N3O3. The third kappa shape index (κ3) is 2.13. The van der Waals surface area contributed by atoms with E-state index in [1.165, 1.54) is 0 Å². The summed E-state index contributed by atoms with van der Waals surface area (Å²) in [6.07, 6.45) is -2.79. The zero-order valence-electron chi connectivity index (χ0n) is 8.72. The molecule has 1 aromatic heterocycles. The third-order valence-corrected chi connectivity index (χ3v) is 2.54. The van der Waals surface area contributed by atoms with Gasteiger partial charge in [-0.05, 0) is 0 Å². The lowest BCUT2D eigenvalue weighted by Crippen LogP contribution is -2.31. The molecule has 0 aromatic carbocycles. The highest BCUT2D eigenvalue weighted by Crippen LogP contribution is 2.30. The van der Waals surface area contributed by atoms with Crippen LogP contribution in [-0.2, 0) is 4.74 Å². The molecule has 17 heavy (non-hydrogen) atoms. The lowest BCUT2D eigenvalue weighted by molar-refractivity contribution is -0.0397. The van der Waals surface area contributed by atoms with Gasteiger partial charge in [0.1, 0.15) is 6.17 Å². The van der Waals surface area contributed by atoms with Gasteiger partial charge in [-0.3, -0.25) is 4.57 Å². The van der Waals surface area contributed by atoms with Crippen molar-refractivity contribution >= 4 is 5.82 Å². The molecule has 94 valence electrons. The Morgan fingerprint density at radius 3 is 3.00 bits per heavy atom. The predicted molar refractivity (Wildman–Crippen MR) is 53.4 cm³/mol. The molecule has 2 heterocycles. The normalized spacial score (nSPS) is 28.5. The Balaban J connectivity index is 2.35. The topological polar surface area (TPSA) is 90.4 Å². The molecule has 8 heteroatoms. The molecule has 3 N–H and O–H groups in total. The van der Waals surface area contributed by atoms with E-state index in [2.05, 4.69) is 4.98 Å². The minimum absolute atomic E-state index is 0.0560. The largest absolute Gasteiger partial charge is 0.394 e. The fourth-order valence-electron chi connectivity index (χ4n) is 1.70. The molecule has 1 aliphatic rings. The molecule has 0 amide bonds. The van der Waals surface area contributed by atoms with Gasteiger partial charge in [0.05, 0.1) is 18.9 Å². The van der Waals surface area contributed by atoms with E-state index in [4.69, 9.17) is 15.6 Å². The average Bonchev–Trinajstić information content (AvgIpc) is 2.65. The summed E-state index contributed by atoms with van der Waals surface area (Å²) in [5.74, 6) is -1.47. The molecule has 1 unspecified atom stereocenters. The number of nitrogens with two attached hydrogens (primary N) is 1. The lowest BCUT2D eigenvalue weighted by atomic mass is 10.2. The molecule has 6 nitrogen and oxygen atoms in total. The first-order chi connectivity index (χ1) is 8.02. The first-order valence-electron chi connectivity index (χ1n) is 4.97. The fourth-order valence-corrected chi connectivity index (χ4v) is 1.70. The van der Waals surface area contributed by atoms with E-state index in [1.807, 2.05) is 0 Å². The number of ether oxygens (including phenoxy) is 1. The predicted octanol–water partition coefficient (Wildman–Crippen LogP) is -0.417. The van der Waals surface area contributed by atoms with Gasteiger partial charge >= 0.3 is 5.69 Å². The van der Waals surface area contributed by atoms with Crippen LogP contribution in [0.2, 0.25) is 0 Å². The van der Waals surface area contributed by atoms with Crippen molar-refractivity contribution in [3.63, 3.8) is 0 Å². The van der Waals surface area contributed by atoms with Gasteiger partial charge in [0, 0.05) is 6.42 Å². The minimum atomic E-state index is -1.50. The zero-order chi connectivity index (χ0) is 12.6. The van der Waals surface area contributed by atoms with E-state index in [0.29, 0.717) is 4.57 Å². The average molecular weight is 247 g/mol. The molecule has 0 aliphatic carbocycles. The van der Waals surface area contributed by atoms with Gasteiger partial charge in [0.2, 0.25) is 0 Å². The monoisotopic (exact) mass is 247 g/mol. The van der Waals surface area contributed by atoms with Crippen LogP contribution in [0.4, 0.5) is 14.6 Å². The van der Waals surface area contributed by atoms with Crippen LogP contribution >= 0.6 is 0 Å². The number of nitrogen functional groups attached to an aromatic ring is 1. The summed E-state index contributed by atoms with van der Waals surface area (Å²) < 4.78 is 32.5. The maximum absolute atomic E-state index is 13.5. The molecule has 2 rings (SSSR count). The molecule has 1 saturated heterocycles. The van der Waals surface area contributed by atoms with Crippen LogP contribution in [0.1, 0.15) is 12.6 Å². The molecule has 3 atom stereocenters. The molecule has 0 spiro atoms. The first-order valence-corrected chi connectivity index (χ1v) is 4.97. The Morgan fingerprint density at radius 1 is 1.71 bits per heavy atom. The molecule has 0 saturated carbocycles. The Bertz CT molecular complexity index is 479. The van der Waals surface area contributed by atoms with E-state index >= 15 is 0 Å². The van der Waals surface area contributed by atoms with Crippen LogP contribution in [0.15, 0.2) is 11.0 Å². The summed E-state index contributed by atoms with van der Waals surface area (Å²) in [6.45, 7) is -0.365. The molecule has 1 fully saturated rings. The summed E-state index contributed by atoms with van der Waals surface area (Å²) in [5, 5.41) is 8.83. The molecule has 1 aromatic rings. The highest BCUT2D eigenvalue weighted by Gasteiger charge is 2.37. The van der Waals surface area contributed by atoms with Crippen LogP contribution in [0.5, 0.6) is 0 Å². The smallest absolute Gasteiger partial charge is 0.351 e. The second-order valence-electron chi connectivity index (χ2n) is 3.75. The number of nitrogens with zero attached hydrogens (tertiary/aromatic N) is 2. The summed E-state index contributed by atoms with van der Waals surface area (Å²) in [4.78, 5) is 14.6. The summed E-state index contributed by atoms with van der Waals surface area (Å²) in [6, 6.07) is 0. The van der Waals surface area contributed by atoms with Gasteiger partial charge in [0.25, 0.3) is 0 Å². The van der Waals surface area contributed by atoms with Crippen LogP contribution in [-0.4, -0.2) is 33.5 Å². The van der Waals surface area contributed by atoms with E-state index in [9.17, 15) is 13.6 Å². The van der Waals surface area contributed by atoms with Crippen LogP contribution in [0.3, 0.4) is 0 Å². The highest BCUT2D eigenvalue weighted by atomic mass is 19.1. The number of aromatic nitrogens is 2. The SMILES string of the molecule is Nc1nc(=O)n([C@@H]2O[C@H](CO)CC2F)cc1F. The van der Waals surface area contributed by atoms with E-state index in [-0.39, 0.29) is 13.0 Å². The van der Waals surface area contributed by atoms with E-state index < -0.39 is 35.8 Å². The quantitative estimate of drug-likeness (QED) is 0.741. The van der Waals surface area contributed by atoms with Gasteiger partial charge in [-0.15, -0.1) is 0 Å². The molecule has 1 aliphatic heterocycles. The zero-order valence-corrected chi connectivity index (χ0v) is 8.72. The summed E-state index contributed by atoms with van der Waals surface area (Å²) in [7, 11) is 0. The Hall–Kier alpha value is -1.54. The van der Waals surface area contributed by atoms with Crippen molar-refractivity contribution < 1.29 is 18.6 Å². The number of rotatable bonds is 2. The van der Waals surface area contributed by atoms with Crippen molar-refractivity contribution in [3.8, 4) is 0 Å². The third-order valence-electron chi connectivity index (χ3n) is 2.54. The fraction of sp³-hybridized carbons (Fsp3) is 0.556. The van der Waals surface area contributed by atoms with Crippen molar-refractivity contribution in [2.45, 2.75) is 24.9 Å². The number of anilines is 1. The van der Waals surface area contributed by atoms with E-state index in [0.717, 1.165) is 6.20 Å². The Labute approximate surface area is 94.6 Å². The second kappa shape index (κ2) is 4.38. The number of aliphatic hydroxyl groups is 1. The highest BCUT2D eigenvalue weighted by molar-refractivity contribution is 5.26. The van der Waals surface area contributed by atoms with Crippen LogP contribution < -0.4 is 11.4 Å². The van der Waals surface area contributed by atoms with Gasteiger partial charge < -0.3 is 15.6 Å².